The fourth-order valence-corrected chi connectivity index (χ4v) is 4.02. The van der Waals surface area contributed by atoms with Crippen molar-refractivity contribution in [2.24, 2.45) is 0 Å². The van der Waals surface area contributed by atoms with Crippen molar-refractivity contribution in [1.82, 2.24) is 0 Å². The van der Waals surface area contributed by atoms with Gasteiger partial charge >= 0.3 is 5.97 Å². The summed E-state index contributed by atoms with van der Waals surface area (Å²) < 4.78 is 32.1. The summed E-state index contributed by atoms with van der Waals surface area (Å²) in [5, 5.41) is 9.11. The number of hydrogen-bond donors (Lipinski definition) is 2. The van der Waals surface area contributed by atoms with Crippen molar-refractivity contribution in [3.8, 4) is 11.1 Å². The number of hydrogen-bond acceptors (Lipinski definition) is 5. The molecule has 0 heterocycles. The molecule has 0 aliphatic rings. The van der Waals surface area contributed by atoms with Crippen LogP contribution in [-0.4, -0.2) is 26.6 Å². The third kappa shape index (κ3) is 5.43. The Hall–Kier alpha value is -3.16. The van der Waals surface area contributed by atoms with Crippen LogP contribution in [0.25, 0.3) is 11.1 Å². The van der Waals surface area contributed by atoms with Crippen LogP contribution in [-0.2, 0) is 27.1 Å². The van der Waals surface area contributed by atoms with E-state index in [1.54, 1.807) is 24.3 Å². The minimum atomic E-state index is -3.61. The van der Waals surface area contributed by atoms with Gasteiger partial charge in [0.2, 0.25) is 10.0 Å². The summed E-state index contributed by atoms with van der Waals surface area (Å²) in [4.78, 5) is 11.4. The summed E-state index contributed by atoms with van der Waals surface area (Å²) in [5.74, 6) is -0.678. The number of carbonyl (C=O) groups excluding carboxylic acids is 1. The Balaban J connectivity index is 1.67. The number of esters is 1. The molecule has 7 heteroatoms. The molecule has 3 aromatic carbocycles. The van der Waals surface area contributed by atoms with Crippen LogP contribution in [0.4, 0.5) is 5.69 Å². The van der Waals surface area contributed by atoms with E-state index in [1.165, 1.54) is 19.2 Å². The van der Waals surface area contributed by atoms with Crippen LogP contribution in [0, 0.1) is 0 Å². The molecule has 0 saturated heterocycles. The van der Waals surface area contributed by atoms with Crippen LogP contribution < -0.4 is 4.72 Å². The highest BCUT2D eigenvalue weighted by atomic mass is 32.2. The van der Waals surface area contributed by atoms with Crippen molar-refractivity contribution in [1.29, 1.82) is 0 Å². The summed E-state index contributed by atoms with van der Waals surface area (Å²) in [5.41, 5.74) is 4.14. The number of anilines is 1. The Morgan fingerprint density at radius 1 is 0.862 bits per heavy atom. The van der Waals surface area contributed by atoms with Crippen LogP contribution in [0.3, 0.4) is 0 Å². The molecule has 3 aromatic rings. The SMILES string of the molecule is COC(=O)c1ccc(CS(=O)(=O)Nc2ccc(-c3ccc(CO)cc3)cc2)cc1. The Labute approximate surface area is 169 Å². The van der Waals surface area contributed by atoms with Gasteiger partial charge in [0.15, 0.2) is 0 Å². The Morgan fingerprint density at radius 3 is 1.90 bits per heavy atom. The van der Waals surface area contributed by atoms with Crippen LogP contribution in [0.1, 0.15) is 21.5 Å². The van der Waals surface area contributed by atoms with Crippen molar-refractivity contribution in [2.75, 3.05) is 11.8 Å². The fraction of sp³-hybridized carbons (Fsp3) is 0.136. The van der Waals surface area contributed by atoms with Crippen molar-refractivity contribution in [2.45, 2.75) is 12.4 Å². The van der Waals surface area contributed by atoms with Gasteiger partial charge in [-0.25, -0.2) is 13.2 Å². The number of benzene rings is 3. The summed E-state index contributed by atoms with van der Waals surface area (Å²) in [7, 11) is -2.32. The van der Waals surface area contributed by atoms with Gasteiger partial charge in [0.1, 0.15) is 0 Å². The number of rotatable bonds is 7. The summed E-state index contributed by atoms with van der Waals surface area (Å²) in [6.07, 6.45) is 0. The lowest BCUT2D eigenvalue weighted by molar-refractivity contribution is 0.0600. The predicted molar refractivity (Wildman–Crippen MR) is 112 cm³/mol. The number of nitrogens with one attached hydrogen (secondary N) is 1. The normalized spacial score (nSPS) is 11.1. The van der Waals surface area contributed by atoms with Gasteiger partial charge in [0, 0.05) is 5.69 Å². The van der Waals surface area contributed by atoms with E-state index in [-0.39, 0.29) is 12.4 Å². The molecule has 0 aliphatic heterocycles. The number of carbonyl (C=O) groups is 1. The number of aliphatic hydroxyl groups excluding tert-OH is 1. The van der Waals surface area contributed by atoms with Crippen LogP contribution in [0.2, 0.25) is 0 Å². The second-order valence-electron chi connectivity index (χ2n) is 6.48. The minimum absolute atomic E-state index is 0.00753. The van der Waals surface area contributed by atoms with Gasteiger partial charge in [-0.1, -0.05) is 48.5 Å². The molecule has 0 fully saturated rings. The zero-order chi connectivity index (χ0) is 20.9. The quantitative estimate of drug-likeness (QED) is 0.580. The topological polar surface area (TPSA) is 92.7 Å². The van der Waals surface area contributed by atoms with Crippen molar-refractivity contribution in [3.63, 3.8) is 0 Å². The zero-order valence-electron chi connectivity index (χ0n) is 15.8. The Bertz CT molecular complexity index is 1070. The Kier molecular flexibility index (Phi) is 6.31. The summed E-state index contributed by atoms with van der Waals surface area (Å²) >= 11 is 0. The fourth-order valence-electron chi connectivity index (χ4n) is 2.82. The maximum Gasteiger partial charge on any atom is 0.337 e. The Morgan fingerprint density at radius 2 is 1.38 bits per heavy atom. The summed E-state index contributed by atoms with van der Waals surface area (Å²) in [6, 6.07) is 20.8. The van der Waals surface area contributed by atoms with E-state index in [0.29, 0.717) is 16.8 Å². The first-order valence-electron chi connectivity index (χ1n) is 8.88. The lowest BCUT2D eigenvalue weighted by atomic mass is 10.0. The molecular weight excluding hydrogens is 390 g/mol. The molecule has 0 aliphatic carbocycles. The monoisotopic (exact) mass is 411 g/mol. The second-order valence-corrected chi connectivity index (χ2v) is 8.20. The first-order valence-corrected chi connectivity index (χ1v) is 10.5. The molecule has 0 saturated carbocycles. The number of ether oxygens (including phenoxy) is 1. The highest BCUT2D eigenvalue weighted by Crippen LogP contribution is 2.23. The minimum Gasteiger partial charge on any atom is -0.465 e. The van der Waals surface area contributed by atoms with Crippen LogP contribution in [0.5, 0.6) is 0 Å². The molecule has 6 nitrogen and oxygen atoms in total. The number of aliphatic hydroxyl groups is 1. The lowest BCUT2D eigenvalue weighted by Gasteiger charge is -2.10. The number of methoxy groups -OCH3 is 1. The highest BCUT2D eigenvalue weighted by Gasteiger charge is 2.13. The van der Waals surface area contributed by atoms with Crippen molar-refractivity contribution < 1.29 is 23.1 Å². The van der Waals surface area contributed by atoms with E-state index >= 15 is 0 Å². The van der Waals surface area contributed by atoms with Gasteiger partial charge in [0.25, 0.3) is 0 Å². The first kappa shape index (κ1) is 20.6. The van der Waals surface area contributed by atoms with E-state index in [1.807, 2.05) is 36.4 Å². The second kappa shape index (κ2) is 8.89. The highest BCUT2D eigenvalue weighted by molar-refractivity contribution is 7.91. The van der Waals surface area contributed by atoms with Gasteiger partial charge in [0.05, 0.1) is 25.0 Å². The lowest BCUT2D eigenvalue weighted by Crippen LogP contribution is -2.15. The van der Waals surface area contributed by atoms with Crippen molar-refractivity contribution in [3.05, 3.63) is 89.5 Å². The van der Waals surface area contributed by atoms with Gasteiger partial charge in [-0.05, 0) is 46.5 Å². The van der Waals surface area contributed by atoms with Gasteiger partial charge in [-0.3, -0.25) is 4.72 Å². The maximum absolute atomic E-state index is 12.4. The molecular formula is C22H21NO5S. The van der Waals surface area contributed by atoms with Crippen molar-refractivity contribution >= 4 is 21.7 Å². The molecule has 0 aromatic heterocycles. The first-order chi connectivity index (χ1) is 13.9. The zero-order valence-corrected chi connectivity index (χ0v) is 16.6. The average molecular weight is 411 g/mol. The standard InChI is InChI=1S/C22H21NO5S/c1-28-22(25)20-8-4-17(5-9-20)15-29(26,27)23-21-12-10-19(11-13-21)18-6-2-16(14-24)3-7-18/h2-13,23-24H,14-15H2,1H3. The summed E-state index contributed by atoms with van der Waals surface area (Å²) in [6.45, 7) is -0.00753. The molecule has 0 radical (unpaired) electrons. The molecule has 0 atom stereocenters. The molecule has 0 spiro atoms. The number of sulfonamides is 1. The largest absolute Gasteiger partial charge is 0.465 e. The molecule has 29 heavy (non-hydrogen) atoms. The smallest absolute Gasteiger partial charge is 0.337 e. The third-order valence-corrected chi connectivity index (χ3v) is 5.62. The van der Waals surface area contributed by atoms with E-state index in [4.69, 9.17) is 5.11 Å². The molecule has 0 amide bonds. The predicted octanol–water partition coefficient (Wildman–Crippen LogP) is 3.57. The molecule has 3 rings (SSSR count). The van der Waals surface area contributed by atoms with Crippen LogP contribution in [0.15, 0.2) is 72.8 Å². The van der Waals surface area contributed by atoms with Gasteiger partial charge < -0.3 is 9.84 Å². The molecule has 150 valence electrons. The van der Waals surface area contributed by atoms with E-state index in [0.717, 1.165) is 16.7 Å². The van der Waals surface area contributed by atoms with Gasteiger partial charge in [-0.2, -0.15) is 0 Å². The molecule has 2 N–H and O–H groups in total. The molecule has 0 bridgehead atoms. The average Bonchev–Trinajstić information content (AvgIpc) is 2.74. The van der Waals surface area contributed by atoms with Crippen LogP contribution >= 0.6 is 0 Å². The maximum atomic E-state index is 12.4. The molecule has 0 unspecified atom stereocenters. The third-order valence-electron chi connectivity index (χ3n) is 4.36. The van der Waals surface area contributed by atoms with E-state index < -0.39 is 16.0 Å². The van der Waals surface area contributed by atoms with E-state index in [2.05, 4.69) is 9.46 Å². The van der Waals surface area contributed by atoms with E-state index in [9.17, 15) is 13.2 Å². The van der Waals surface area contributed by atoms with Gasteiger partial charge in [-0.15, -0.1) is 0 Å².